The number of aromatic nitrogens is 1. The van der Waals surface area contributed by atoms with E-state index in [9.17, 15) is 9.59 Å². The number of nitrogens with zero attached hydrogens (tertiary/aromatic N) is 2. The molecule has 0 saturated carbocycles. The second-order valence-corrected chi connectivity index (χ2v) is 6.93. The molecular formula is C19H17N5O5S. The molecule has 3 aromatic rings. The van der Waals surface area contributed by atoms with Gasteiger partial charge in [0.25, 0.3) is 5.91 Å². The summed E-state index contributed by atoms with van der Waals surface area (Å²) in [5.74, 6) is -0.612. The Hall–Kier alpha value is -4.04. The Morgan fingerprint density at radius 1 is 1.13 bits per heavy atom. The van der Waals surface area contributed by atoms with Gasteiger partial charge in [0.15, 0.2) is 11.5 Å². The van der Waals surface area contributed by atoms with E-state index in [0.717, 1.165) is 11.3 Å². The first-order valence-electron chi connectivity index (χ1n) is 8.38. The van der Waals surface area contributed by atoms with Crippen molar-refractivity contribution in [3.05, 3.63) is 34.2 Å². The van der Waals surface area contributed by atoms with Crippen molar-refractivity contribution in [3.8, 4) is 17.6 Å². The van der Waals surface area contributed by atoms with Crippen molar-refractivity contribution in [2.45, 2.75) is 0 Å². The van der Waals surface area contributed by atoms with E-state index in [4.69, 9.17) is 30.9 Å². The molecule has 5 N–H and O–H groups in total. The number of ether oxygens (including phenoxy) is 3. The molecule has 0 unspecified atom stereocenters. The Kier molecular flexibility index (Phi) is 5.61. The Balaban J connectivity index is 2.06. The fourth-order valence-electron chi connectivity index (χ4n) is 2.75. The largest absolute Gasteiger partial charge is 0.493 e. The third-order valence-electron chi connectivity index (χ3n) is 4.25. The minimum atomic E-state index is -0.677. The lowest BCUT2D eigenvalue weighted by atomic mass is 10.1. The number of hydrogen-bond donors (Lipinski definition) is 3. The van der Waals surface area contributed by atoms with Gasteiger partial charge in [-0.1, -0.05) is 0 Å². The lowest BCUT2D eigenvalue weighted by molar-refractivity contribution is 0.0601. The van der Waals surface area contributed by atoms with Crippen LogP contribution < -0.4 is 26.3 Å². The first kappa shape index (κ1) is 20.7. The summed E-state index contributed by atoms with van der Waals surface area (Å²) in [6, 6.07) is 6.25. The number of hydrogen-bond acceptors (Lipinski definition) is 10. The number of amides is 1. The molecule has 0 aliphatic carbocycles. The van der Waals surface area contributed by atoms with E-state index >= 15 is 0 Å². The van der Waals surface area contributed by atoms with Crippen molar-refractivity contribution in [3.63, 3.8) is 0 Å². The van der Waals surface area contributed by atoms with Crippen LogP contribution in [0.3, 0.4) is 0 Å². The molecular weight excluding hydrogens is 410 g/mol. The number of nitrogen functional groups attached to an aromatic ring is 2. The number of anilines is 3. The standard InChI is InChI=1S/C19H17N5O5S/c1-27-12-5-9(19(26)29-3)11(6-13(12)28-2)23-17(25)15-14(21)10-4-8(7-20)16(22)24-18(10)30-15/h4-6H,21H2,1-3H3,(H2,22,24)(H,23,25). The maximum atomic E-state index is 12.9. The molecule has 1 aromatic carbocycles. The van der Waals surface area contributed by atoms with Crippen LogP contribution in [0.5, 0.6) is 11.5 Å². The molecule has 0 radical (unpaired) electrons. The van der Waals surface area contributed by atoms with Crippen LogP contribution in [0.25, 0.3) is 10.2 Å². The third kappa shape index (κ3) is 3.51. The number of nitriles is 1. The van der Waals surface area contributed by atoms with Crippen molar-refractivity contribution in [2.24, 2.45) is 0 Å². The molecule has 0 bridgehead atoms. The van der Waals surface area contributed by atoms with E-state index in [0.29, 0.717) is 21.7 Å². The van der Waals surface area contributed by atoms with Gasteiger partial charge < -0.3 is 31.0 Å². The van der Waals surface area contributed by atoms with Gasteiger partial charge in [-0.2, -0.15) is 5.26 Å². The van der Waals surface area contributed by atoms with Crippen LogP contribution in [-0.4, -0.2) is 38.2 Å². The second-order valence-electron chi connectivity index (χ2n) is 5.93. The van der Waals surface area contributed by atoms with Gasteiger partial charge in [-0.05, 0) is 6.07 Å². The van der Waals surface area contributed by atoms with Gasteiger partial charge in [0.1, 0.15) is 21.6 Å². The zero-order chi connectivity index (χ0) is 22.0. The first-order chi connectivity index (χ1) is 14.3. The van der Waals surface area contributed by atoms with Crippen LogP contribution in [0.2, 0.25) is 0 Å². The number of methoxy groups -OCH3 is 3. The number of rotatable bonds is 5. The Morgan fingerprint density at radius 3 is 2.40 bits per heavy atom. The van der Waals surface area contributed by atoms with E-state index in [2.05, 4.69) is 10.3 Å². The van der Waals surface area contributed by atoms with Crippen molar-refractivity contribution < 1.29 is 23.8 Å². The summed E-state index contributed by atoms with van der Waals surface area (Å²) >= 11 is 1.01. The molecule has 154 valence electrons. The minimum absolute atomic E-state index is 0.0473. The van der Waals surface area contributed by atoms with Crippen LogP contribution in [0.1, 0.15) is 25.6 Å². The second kappa shape index (κ2) is 8.14. The lowest BCUT2D eigenvalue weighted by Gasteiger charge is -2.14. The summed E-state index contributed by atoms with van der Waals surface area (Å²) < 4.78 is 15.2. The molecule has 3 rings (SSSR count). The summed E-state index contributed by atoms with van der Waals surface area (Å²) in [6.45, 7) is 0. The molecule has 1 amide bonds. The number of nitrogens with one attached hydrogen (secondary N) is 1. The van der Waals surface area contributed by atoms with Gasteiger partial charge in [-0.3, -0.25) is 4.79 Å². The van der Waals surface area contributed by atoms with Crippen LogP contribution in [-0.2, 0) is 4.74 Å². The topological polar surface area (TPSA) is 163 Å². The SMILES string of the molecule is COC(=O)c1cc(OC)c(OC)cc1NC(=O)c1sc2nc(N)c(C#N)cc2c1N. The molecule has 0 spiro atoms. The molecule has 0 saturated heterocycles. The smallest absolute Gasteiger partial charge is 0.340 e. The number of thiophene rings is 1. The third-order valence-corrected chi connectivity index (χ3v) is 5.37. The number of benzene rings is 1. The van der Waals surface area contributed by atoms with E-state index in [1.165, 1.54) is 39.5 Å². The average Bonchev–Trinajstić information content (AvgIpc) is 3.07. The predicted molar refractivity (Wildman–Crippen MR) is 112 cm³/mol. The zero-order valence-corrected chi connectivity index (χ0v) is 17.0. The first-order valence-corrected chi connectivity index (χ1v) is 9.20. The highest BCUT2D eigenvalue weighted by atomic mass is 32.1. The van der Waals surface area contributed by atoms with E-state index < -0.39 is 11.9 Å². The lowest BCUT2D eigenvalue weighted by Crippen LogP contribution is -2.16. The van der Waals surface area contributed by atoms with Crippen molar-refractivity contribution >= 4 is 50.6 Å². The number of pyridine rings is 1. The maximum absolute atomic E-state index is 12.9. The fourth-order valence-corrected chi connectivity index (χ4v) is 3.73. The fraction of sp³-hybridized carbons (Fsp3) is 0.158. The van der Waals surface area contributed by atoms with Gasteiger partial charge in [0, 0.05) is 17.5 Å². The monoisotopic (exact) mass is 427 g/mol. The van der Waals surface area contributed by atoms with Crippen molar-refractivity contribution in [1.29, 1.82) is 5.26 Å². The Labute approximate surface area is 175 Å². The van der Waals surface area contributed by atoms with Crippen molar-refractivity contribution in [1.82, 2.24) is 4.98 Å². The van der Waals surface area contributed by atoms with Gasteiger partial charge in [-0.25, -0.2) is 9.78 Å². The van der Waals surface area contributed by atoms with Gasteiger partial charge in [0.05, 0.1) is 43.8 Å². The van der Waals surface area contributed by atoms with E-state index in [-0.39, 0.29) is 33.2 Å². The molecule has 0 aliphatic rings. The number of nitrogens with two attached hydrogens (primary N) is 2. The van der Waals surface area contributed by atoms with E-state index in [1.54, 1.807) is 0 Å². The molecule has 10 nitrogen and oxygen atoms in total. The van der Waals surface area contributed by atoms with Crippen LogP contribution in [0.4, 0.5) is 17.2 Å². The van der Waals surface area contributed by atoms with Crippen LogP contribution in [0, 0.1) is 11.3 Å². The van der Waals surface area contributed by atoms with Crippen molar-refractivity contribution in [2.75, 3.05) is 38.1 Å². The van der Waals surface area contributed by atoms with E-state index in [1.807, 2.05) is 6.07 Å². The average molecular weight is 427 g/mol. The Bertz CT molecular complexity index is 1210. The number of esters is 1. The quantitative estimate of drug-likeness (QED) is 0.519. The highest BCUT2D eigenvalue weighted by Crippen LogP contribution is 2.37. The zero-order valence-electron chi connectivity index (χ0n) is 16.2. The molecule has 11 heteroatoms. The van der Waals surface area contributed by atoms with Gasteiger partial charge in [0.2, 0.25) is 0 Å². The number of carbonyl (C=O) groups is 2. The highest BCUT2D eigenvalue weighted by Gasteiger charge is 2.23. The summed E-state index contributed by atoms with van der Waals surface area (Å²) in [5.41, 5.74) is 12.4. The summed E-state index contributed by atoms with van der Waals surface area (Å²) in [6.07, 6.45) is 0. The molecule has 0 fully saturated rings. The minimum Gasteiger partial charge on any atom is -0.493 e. The summed E-state index contributed by atoms with van der Waals surface area (Å²) in [7, 11) is 4.06. The number of carbonyl (C=O) groups excluding carboxylic acids is 2. The normalized spacial score (nSPS) is 10.3. The Morgan fingerprint density at radius 2 is 1.80 bits per heavy atom. The van der Waals surface area contributed by atoms with Crippen LogP contribution in [0.15, 0.2) is 18.2 Å². The molecule has 0 atom stereocenters. The number of fused-ring (bicyclic) bond motifs is 1. The molecule has 30 heavy (non-hydrogen) atoms. The highest BCUT2D eigenvalue weighted by molar-refractivity contribution is 7.21. The van der Waals surface area contributed by atoms with Crippen LogP contribution >= 0.6 is 11.3 Å². The summed E-state index contributed by atoms with van der Waals surface area (Å²) in [4.78, 5) is 29.8. The molecule has 2 aromatic heterocycles. The predicted octanol–water partition coefficient (Wildman–Crippen LogP) is 2.39. The molecule has 2 heterocycles. The maximum Gasteiger partial charge on any atom is 0.340 e. The van der Waals surface area contributed by atoms with Gasteiger partial charge >= 0.3 is 5.97 Å². The van der Waals surface area contributed by atoms with Gasteiger partial charge in [-0.15, -0.1) is 11.3 Å². The molecule has 0 aliphatic heterocycles. The summed E-state index contributed by atoms with van der Waals surface area (Å²) in [5, 5.41) is 12.2.